The van der Waals surface area contributed by atoms with Crippen LogP contribution in [0.25, 0.3) is 6.08 Å². The van der Waals surface area contributed by atoms with E-state index in [9.17, 15) is 15.0 Å². The number of aryl methyl sites for hydroxylation is 1. The molecule has 96 valence electrons. The number of benzene rings is 2. The van der Waals surface area contributed by atoms with Crippen LogP contribution < -0.4 is 0 Å². The van der Waals surface area contributed by atoms with Crippen LogP contribution in [0.3, 0.4) is 0 Å². The van der Waals surface area contributed by atoms with Crippen LogP contribution in [-0.2, 0) is 0 Å². The third-order valence-corrected chi connectivity index (χ3v) is 2.77. The third-order valence-electron chi connectivity index (χ3n) is 2.77. The molecule has 0 aliphatic rings. The van der Waals surface area contributed by atoms with Gasteiger partial charge in [0.15, 0.2) is 5.78 Å². The first-order valence-electron chi connectivity index (χ1n) is 5.88. The van der Waals surface area contributed by atoms with Crippen LogP contribution in [0.1, 0.15) is 21.5 Å². The smallest absolute Gasteiger partial charge is 0.189 e. The van der Waals surface area contributed by atoms with Gasteiger partial charge in [0.1, 0.15) is 11.5 Å². The Labute approximate surface area is 111 Å². The Kier molecular flexibility index (Phi) is 3.66. The summed E-state index contributed by atoms with van der Waals surface area (Å²) in [4.78, 5) is 11.9. The lowest BCUT2D eigenvalue weighted by Gasteiger charge is -2.01. The molecular formula is C16H14O3. The second-order valence-corrected chi connectivity index (χ2v) is 4.28. The van der Waals surface area contributed by atoms with Gasteiger partial charge in [-0.15, -0.1) is 0 Å². The molecule has 0 amide bonds. The van der Waals surface area contributed by atoms with Crippen LogP contribution in [0.4, 0.5) is 0 Å². The maximum absolute atomic E-state index is 11.9. The predicted octanol–water partition coefficient (Wildman–Crippen LogP) is 3.30. The van der Waals surface area contributed by atoms with Gasteiger partial charge in [0.2, 0.25) is 0 Å². The lowest BCUT2D eigenvalue weighted by molar-refractivity contribution is 0.104. The first-order chi connectivity index (χ1) is 9.08. The average molecular weight is 254 g/mol. The number of phenolic OH excluding ortho intramolecular Hbond substituents is 2. The molecule has 0 unspecified atom stereocenters. The fraction of sp³-hybridized carbons (Fsp3) is 0.0625. The normalized spacial score (nSPS) is 10.8. The van der Waals surface area contributed by atoms with Crippen molar-refractivity contribution in [2.45, 2.75) is 6.92 Å². The number of aromatic hydroxyl groups is 2. The number of ketones is 1. The number of carbonyl (C=O) groups is 1. The SMILES string of the molecule is Cc1ccc(O)c(C=CC(=O)c2ccccc2O)c1. The van der Waals surface area contributed by atoms with Gasteiger partial charge in [-0.3, -0.25) is 4.79 Å². The molecule has 0 aliphatic carbocycles. The molecule has 0 saturated heterocycles. The van der Waals surface area contributed by atoms with E-state index in [1.54, 1.807) is 36.4 Å². The minimum atomic E-state index is -0.306. The van der Waals surface area contributed by atoms with Gasteiger partial charge in [0.05, 0.1) is 5.56 Å². The van der Waals surface area contributed by atoms with Crippen molar-refractivity contribution in [3.8, 4) is 11.5 Å². The molecule has 0 bridgehead atoms. The number of carbonyl (C=O) groups excluding carboxylic acids is 1. The lowest BCUT2D eigenvalue weighted by atomic mass is 10.1. The van der Waals surface area contributed by atoms with Crippen LogP contribution in [0.15, 0.2) is 48.5 Å². The number of rotatable bonds is 3. The van der Waals surface area contributed by atoms with E-state index < -0.39 is 0 Å². The summed E-state index contributed by atoms with van der Waals surface area (Å²) < 4.78 is 0. The van der Waals surface area contributed by atoms with Gasteiger partial charge in [-0.1, -0.05) is 23.8 Å². The first-order valence-corrected chi connectivity index (χ1v) is 5.88. The standard InChI is InChI=1S/C16H14O3/c1-11-6-8-14(17)12(10-11)7-9-16(19)13-4-2-3-5-15(13)18/h2-10,17-18H,1H3. The topological polar surface area (TPSA) is 57.5 Å². The van der Waals surface area contributed by atoms with E-state index in [4.69, 9.17) is 0 Å². The van der Waals surface area contributed by atoms with E-state index in [0.717, 1.165) is 5.56 Å². The highest BCUT2D eigenvalue weighted by molar-refractivity contribution is 6.08. The molecule has 3 nitrogen and oxygen atoms in total. The van der Waals surface area contributed by atoms with Crippen molar-refractivity contribution < 1.29 is 15.0 Å². The molecule has 2 aromatic carbocycles. The molecule has 2 aromatic rings. The maximum atomic E-state index is 11.9. The summed E-state index contributed by atoms with van der Waals surface area (Å²) in [5.74, 6) is -0.239. The fourth-order valence-electron chi connectivity index (χ4n) is 1.74. The number of hydrogen-bond donors (Lipinski definition) is 2. The molecule has 2 rings (SSSR count). The highest BCUT2D eigenvalue weighted by atomic mass is 16.3. The quantitative estimate of drug-likeness (QED) is 0.652. The number of allylic oxidation sites excluding steroid dienone is 1. The Hall–Kier alpha value is -2.55. The summed E-state index contributed by atoms with van der Waals surface area (Å²) in [6, 6.07) is 11.5. The van der Waals surface area contributed by atoms with E-state index in [1.807, 2.05) is 6.92 Å². The van der Waals surface area contributed by atoms with E-state index in [2.05, 4.69) is 0 Å². The molecule has 0 heterocycles. The Bertz CT molecular complexity index is 642. The summed E-state index contributed by atoms with van der Waals surface area (Å²) >= 11 is 0. The van der Waals surface area contributed by atoms with Crippen LogP contribution in [0.5, 0.6) is 11.5 Å². The van der Waals surface area contributed by atoms with Crippen molar-refractivity contribution in [2.24, 2.45) is 0 Å². The van der Waals surface area contributed by atoms with Crippen molar-refractivity contribution in [3.63, 3.8) is 0 Å². The van der Waals surface area contributed by atoms with E-state index in [-0.39, 0.29) is 22.8 Å². The highest BCUT2D eigenvalue weighted by Crippen LogP contribution is 2.21. The van der Waals surface area contributed by atoms with Crippen molar-refractivity contribution >= 4 is 11.9 Å². The van der Waals surface area contributed by atoms with Gasteiger partial charge in [0, 0.05) is 5.56 Å². The number of hydrogen-bond acceptors (Lipinski definition) is 3. The second-order valence-electron chi connectivity index (χ2n) is 4.28. The summed E-state index contributed by atoms with van der Waals surface area (Å²) in [7, 11) is 0. The van der Waals surface area contributed by atoms with Gasteiger partial charge < -0.3 is 10.2 Å². The van der Waals surface area contributed by atoms with Gasteiger partial charge >= 0.3 is 0 Å². The van der Waals surface area contributed by atoms with Crippen LogP contribution in [0.2, 0.25) is 0 Å². The van der Waals surface area contributed by atoms with Crippen molar-refractivity contribution in [1.29, 1.82) is 0 Å². The Morgan fingerprint density at radius 1 is 1.05 bits per heavy atom. The minimum Gasteiger partial charge on any atom is -0.507 e. The molecule has 0 aromatic heterocycles. The molecule has 0 radical (unpaired) electrons. The molecule has 0 spiro atoms. The summed E-state index contributed by atoms with van der Waals surface area (Å²) in [6.45, 7) is 1.90. The maximum Gasteiger partial charge on any atom is 0.189 e. The molecular weight excluding hydrogens is 240 g/mol. The number of phenols is 2. The summed E-state index contributed by atoms with van der Waals surface area (Å²) in [5, 5.41) is 19.2. The zero-order chi connectivity index (χ0) is 13.8. The zero-order valence-electron chi connectivity index (χ0n) is 10.5. The molecule has 2 N–H and O–H groups in total. The van der Waals surface area contributed by atoms with Crippen LogP contribution in [-0.4, -0.2) is 16.0 Å². The summed E-state index contributed by atoms with van der Waals surface area (Å²) in [5.41, 5.74) is 1.81. The first kappa shape index (κ1) is 12.9. The van der Waals surface area contributed by atoms with Crippen LogP contribution >= 0.6 is 0 Å². The molecule has 0 aliphatic heterocycles. The monoisotopic (exact) mass is 254 g/mol. The number of para-hydroxylation sites is 1. The Morgan fingerprint density at radius 3 is 2.53 bits per heavy atom. The van der Waals surface area contributed by atoms with E-state index >= 15 is 0 Å². The predicted molar refractivity (Wildman–Crippen MR) is 74.3 cm³/mol. The Balaban J connectivity index is 2.26. The molecule has 0 saturated carbocycles. The van der Waals surface area contributed by atoms with Gasteiger partial charge in [0.25, 0.3) is 0 Å². The van der Waals surface area contributed by atoms with Crippen molar-refractivity contribution in [1.82, 2.24) is 0 Å². The highest BCUT2D eigenvalue weighted by Gasteiger charge is 2.07. The van der Waals surface area contributed by atoms with Gasteiger partial charge in [-0.2, -0.15) is 0 Å². The largest absolute Gasteiger partial charge is 0.507 e. The van der Waals surface area contributed by atoms with Gasteiger partial charge in [-0.25, -0.2) is 0 Å². The van der Waals surface area contributed by atoms with Crippen molar-refractivity contribution in [2.75, 3.05) is 0 Å². The lowest BCUT2D eigenvalue weighted by Crippen LogP contribution is -1.94. The van der Waals surface area contributed by atoms with E-state index in [1.165, 1.54) is 18.2 Å². The molecule has 19 heavy (non-hydrogen) atoms. The van der Waals surface area contributed by atoms with Crippen LogP contribution in [0, 0.1) is 6.92 Å². The molecule has 3 heteroatoms. The Morgan fingerprint density at radius 2 is 1.79 bits per heavy atom. The second kappa shape index (κ2) is 5.40. The fourth-order valence-corrected chi connectivity index (χ4v) is 1.74. The minimum absolute atomic E-state index is 0.0504. The third kappa shape index (κ3) is 3.01. The average Bonchev–Trinajstić information content (AvgIpc) is 2.40. The molecule has 0 fully saturated rings. The van der Waals surface area contributed by atoms with Gasteiger partial charge in [-0.05, 0) is 43.3 Å². The molecule has 0 atom stereocenters. The zero-order valence-corrected chi connectivity index (χ0v) is 10.5. The van der Waals surface area contributed by atoms with E-state index in [0.29, 0.717) is 5.56 Å². The van der Waals surface area contributed by atoms with Crippen molar-refractivity contribution in [3.05, 3.63) is 65.2 Å². The summed E-state index contributed by atoms with van der Waals surface area (Å²) in [6.07, 6.45) is 2.88.